The maximum Gasteiger partial charge on any atom is 0.318 e. The van der Waals surface area contributed by atoms with Crippen LogP contribution < -0.4 is 15.4 Å². The topological polar surface area (TPSA) is 70.7 Å². The Kier molecular flexibility index (Phi) is 6.19. The molecule has 0 bridgehead atoms. The van der Waals surface area contributed by atoms with Gasteiger partial charge in [0, 0.05) is 36.8 Å². The molecule has 1 aliphatic rings. The zero-order chi connectivity index (χ0) is 19.2. The third-order valence-electron chi connectivity index (χ3n) is 4.40. The van der Waals surface area contributed by atoms with Gasteiger partial charge in [-0.05, 0) is 42.0 Å². The Labute approximate surface area is 163 Å². The monoisotopic (exact) mass is 387 g/mol. The van der Waals surface area contributed by atoms with Crippen LogP contribution in [0.3, 0.4) is 0 Å². The standard InChI is InChI=1S/C20H22ClN3O3/c1-22-20(26)23-17-6-8-18(9-7-17)27-13-15-11-24(12-15)19(25)10-14-2-4-16(21)5-3-14/h2-9,15H,10-13H2,1H3,(H2,22,23,26). The van der Waals surface area contributed by atoms with Crippen molar-refractivity contribution in [2.75, 3.05) is 32.1 Å². The van der Waals surface area contributed by atoms with Crippen LogP contribution >= 0.6 is 11.6 Å². The van der Waals surface area contributed by atoms with Gasteiger partial charge >= 0.3 is 6.03 Å². The lowest BCUT2D eigenvalue weighted by Crippen LogP contribution is -2.52. The average Bonchev–Trinajstić information content (AvgIpc) is 2.63. The van der Waals surface area contributed by atoms with Crippen LogP contribution in [0.25, 0.3) is 0 Å². The smallest absolute Gasteiger partial charge is 0.318 e. The molecular formula is C20H22ClN3O3. The van der Waals surface area contributed by atoms with E-state index >= 15 is 0 Å². The molecule has 7 heteroatoms. The van der Waals surface area contributed by atoms with Gasteiger partial charge in [-0.3, -0.25) is 4.79 Å². The summed E-state index contributed by atoms with van der Waals surface area (Å²) in [7, 11) is 1.56. The highest BCUT2D eigenvalue weighted by Crippen LogP contribution is 2.21. The molecular weight excluding hydrogens is 366 g/mol. The molecule has 2 aromatic carbocycles. The number of halogens is 1. The Morgan fingerprint density at radius 3 is 2.41 bits per heavy atom. The van der Waals surface area contributed by atoms with Gasteiger partial charge in [-0.2, -0.15) is 0 Å². The van der Waals surface area contributed by atoms with E-state index in [0.717, 1.165) is 11.3 Å². The summed E-state index contributed by atoms with van der Waals surface area (Å²) in [5, 5.41) is 5.86. The fourth-order valence-electron chi connectivity index (χ4n) is 2.81. The lowest BCUT2D eigenvalue weighted by Gasteiger charge is -2.39. The largest absolute Gasteiger partial charge is 0.493 e. The van der Waals surface area contributed by atoms with Crippen molar-refractivity contribution in [2.24, 2.45) is 5.92 Å². The minimum atomic E-state index is -0.263. The van der Waals surface area contributed by atoms with Gasteiger partial charge in [0.25, 0.3) is 0 Å². The molecule has 1 heterocycles. The first-order valence-corrected chi connectivity index (χ1v) is 9.15. The van der Waals surface area contributed by atoms with Crippen LogP contribution in [0.15, 0.2) is 48.5 Å². The minimum absolute atomic E-state index is 0.123. The lowest BCUT2D eigenvalue weighted by atomic mass is 10.00. The SMILES string of the molecule is CNC(=O)Nc1ccc(OCC2CN(C(=O)Cc3ccc(Cl)cc3)C2)cc1. The summed E-state index contributed by atoms with van der Waals surface area (Å²) >= 11 is 5.86. The number of carbonyl (C=O) groups excluding carboxylic acids is 2. The number of amides is 3. The Hall–Kier alpha value is -2.73. The van der Waals surface area contributed by atoms with Crippen molar-refractivity contribution in [1.82, 2.24) is 10.2 Å². The number of likely N-dealkylation sites (tertiary alicyclic amines) is 1. The minimum Gasteiger partial charge on any atom is -0.493 e. The zero-order valence-electron chi connectivity index (χ0n) is 15.1. The van der Waals surface area contributed by atoms with E-state index in [4.69, 9.17) is 16.3 Å². The van der Waals surface area contributed by atoms with Gasteiger partial charge in [0.2, 0.25) is 5.91 Å². The summed E-state index contributed by atoms with van der Waals surface area (Å²) in [4.78, 5) is 25.4. The van der Waals surface area contributed by atoms with Crippen molar-refractivity contribution in [1.29, 1.82) is 0 Å². The first-order chi connectivity index (χ1) is 13.0. The second-order valence-electron chi connectivity index (χ2n) is 6.51. The Morgan fingerprint density at radius 2 is 1.78 bits per heavy atom. The predicted octanol–water partition coefficient (Wildman–Crippen LogP) is 3.17. The highest BCUT2D eigenvalue weighted by atomic mass is 35.5. The molecule has 1 fully saturated rings. The van der Waals surface area contributed by atoms with Crippen LogP contribution in [-0.2, 0) is 11.2 Å². The van der Waals surface area contributed by atoms with E-state index in [1.165, 1.54) is 0 Å². The van der Waals surface area contributed by atoms with Gasteiger partial charge in [-0.1, -0.05) is 23.7 Å². The Bertz CT molecular complexity index is 787. The first-order valence-electron chi connectivity index (χ1n) is 8.77. The van der Waals surface area contributed by atoms with E-state index in [0.29, 0.717) is 42.7 Å². The second kappa shape index (κ2) is 8.77. The molecule has 1 saturated heterocycles. The van der Waals surface area contributed by atoms with Crippen LogP contribution in [0.2, 0.25) is 5.02 Å². The number of rotatable bonds is 6. The number of urea groups is 1. The highest BCUT2D eigenvalue weighted by molar-refractivity contribution is 6.30. The number of anilines is 1. The Balaban J connectivity index is 1.38. The van der Waals surface area contributed by atoms with E-state index in [-0.39, 0.29) is 11.9 Å². The van der Waals surface area contributed by atoms with E-state index in [9.17, 15) is 9.59 Å². The number of benzene rings is 2. The van der Waals surface area contributed by atoms with Crippen molar-refractivity contribution < 1.29 is 14.3 Å². The van der Waals surface area contributed by atoms with Gasteiger partial charge in [0.1, 0.15) is 5.75 Å². The summed E-state index contributed by atoms with van der Waals surface area (Å²) in [5.74, 6) is 1.20. The number of nitrogens with zero attached hydrogens (tertiary/aromatic N) is 1. The number of carbonyl (C=O) groups is 2. The zero-order valence-corrected chi connectivity index (χ0v) is 15.8. The van der Waals surface area contributed by atoms with Crippen LogP contribution in [0.1, 0.15) is 5.56 Å². The molecule has 1 aliphatic heterocycles. The second-order valence-corrected chi connectivity index (χ2v) is 6.94. The van der Waals surface area contributed by atoms with Gasteiger partial charge in [0.15, 0.2) is 0 Å². The van der Waals surface area contributed by atoms with E-state index in [2.05, 4.69) is 10.6 Å². The summed E-state index contributed by atoms with van der Waals surface area (Å²) < 4.78 is 5.77. The fourth-order valence-corrected chi connectivity index (χ4v) is 2.94. The van der Waals surface area contributed by atoms with Crippen LogP contribution in [0.5, 0.6) is 5.75 Å². The maximum atomic E-state index is 12.3. The highest BCUT2D eigenvalue weighted by Gasteiger charge is 2.30. The van der Waals surface area contributed by atoms with Crippen LogP contribution in [0, 0.1) is 5.92 Å². The predicted molar refractivity (Wildman–Crippen MR) is 105 cm³/mol. The number of hydrogen-bond acceptors (Lipinski definition) is 3. The molecule has 142 valence electrons. The van der Waals surface area contributed by atoms with Gasteiger partial charge in [0.05, 0.1) is 13.0 Å². The van der Waals surface area contributed by atoms with Crippen molar-refractivity contribution >= 4 is 29.2 Å². The summed E-state index contributed by atoms with van der Waals surface area (Å²) in [6, 6.07) is 14.3. The third-order valence-corrected chi connectivity index (χ3v) is 4.66. The number of hydrogen-bond donors (Lipinski definition) is 2. The summed E-state index contributed by atoms with van der Waals surface area (Å²) in [6.45, 7) is 1.98. The molecule has 0 aromatic heterocycles. The molecule has 2 aromatic rings. The van der Waals surface area contributed by atoms with E-state index in [1.54, 1.807) is 31.3 Å². The van der Waals surface area contributed by atoms with E-state index < -0.39 is 0 Å². The van der Waals surface area contributed by atoms with Gasteiger partial charge in [-0.25, -0.2) is 4.79 Å². The van der Waals surface area contributed by atoms with Crippen LogP contribution in [0.4, 0.5) is 10.5 Å². The van der Waals surface area contributed by atoms with Gasteiger partial charge in [-0.15, -0.1) is 0 Å². The fraction of sp³-hybridized carbons (Fsp3) is 0.300. The third kappa shape index (κ3) is 5.37. The maximum absolute atomic E-state index is 12.3. The van der Waals surface area contributed by atoms with Crippen molar-refractivity contribution in [3.63, 3.8) is 0 Å². The average molecular weight is 388 g/mol. The molecule has 6 nitrogen and oxygen atoms in total. The van der Waals surface area contributed by atoms with Crippen LogP contribution in [-0.4, -0.2) is 43.6 Å². The van der Waals surface area contributed by atoms with Crippen molar-refractivity contribution in [2.45, 2.75) is 6.42 Å². The molecule has 3 amide bonds. The molecule has 0 spiro atoms. The molecule has 0 aliphatic carbocycles. The summed E-state index contributed by atoms with van der Waals surface area (Å²) in [6.07, 6.45) is 0.393. The molecule has 3 rings (SSSR count). The number of nitrogens with one attached hydrogen (secondary N) is 2. The number of ether oxygens (including phenoxy) is 1. The van der Waals surface area contributed by atoms with Crippen molar-refractivity contribution in [3.05, 3.63) is 59.1 Å². The molecule has 0 unspecified atom stereocenters. The molecule has 2 N–H and O–H groups in total. The molecule has 0 atom stereocenters. The van der Waals surface area contributed by atoms with Gasteiger partial charge < -0.3 is 20.3 Å². The normalized spacial score (nSPS) is 13.6. The quantitative estimate of drug-likeness (QED) is 0.799. The van der Waals surface area contributed by atoms with Crippen molar-refractivity contribution in [3.8, 4) is 5.75 Å². The molecule has 0 saturated carbocycles. The van der Waals surface area contributed by atoms with E-state index in [1.807, 2.05) is 29.2 Å². The summed E-state index contributed by atoms with van der Waals surface area (Å²) in [5.41, 5.74) is 1.67. The lowest BCUT2D eigenvalue weighted by molar-refractivity contribution is -0.137. The molecule has 27 heavy (non-hydrogen) atoms. The first kappa shape index (κ1) is 19.0. The molecule has 0 radical (unpaired) electrons. The Morgan fingerprint density at radius 1 is 1.11 bits per heavy atom.